The minimum Gasteiger partial charge on any atom is -0.497 e. The smallest absolute Gasteiger partial charge is 0.138 e. The van der Waals surface area contributed by atoms with Crippen molar-refractivity contribution in [1.29, 1.82) is 16.2 Å². The van der Waals surface area contributed by atoms with Gasteiger partial charge in [0.2, 0.25) is 0 Å². The zero-order chi connectivity index (χ0) is 25.5. The molecule has 0 unspecified atom stereocenters. The SMILES string of the molecule is C/C=C(\C=N)c1ccc(Cl)c(OC)c1.CC(=N)N.CC=N.COc1cccc(C)c1.CS. The molecule has 0 saturated heterocycles. The maximum Gasteiger partial charge on any atom is 0.138 e. The van der Waals surface area contributed by atoms with Gasteiger partial charge in [0.1, 0.15) is 11.5 Å². The molecule has 2 aromatic rings. The summed E-state index contributed by atoms with van der Waals surface area (Å²) in [5.74, 6) is 1.72. The quantitative estimate of drug-likeness (QED) is 0.194. The highest BCUT2D eigenvalue weighted by Crippen LogP contribution is 2.27. The number of hydrogen-bond donors (Lipinski definition) is 5. The lowest BCUT2D eigenvalue weighted by Gasteiger charge is -2.06. The Morgan fingerprint density at radius 1 is 1.03 bits per heavy atom. The number of thiol groups is 1. The molecule has 0 bridgehead atoms. The second-order valence-corrected chi connectivity index (χ2v) is 6.14. The molecule has 0 aliphatic carbocycles. The second-order valence-electron chi connectivity index (χ2n) is 5.73. The summed E-state index contributed by atoms with van der Waals surface area (Å²) in [6.07, 6.45) is 6.12. The second kappa shape index (κ2) is 22.9. The van der Waals surface area contributed by atoms with E-state index in [0.29, 0.717) is 10.8 Å². The van der Waals surface area contributed by atoms with Gasteiger partial charge in [0.05, 0.1) is 25.1 Å². The van der Waals surface area contributed by atoms with Crippen molar-refractivity contribution in [3.8, 4) is 11.5 Å². The number of rotatable bonds is 4. The molecule has 2 rings (SSSR count). The monoisotopic (exact) mass is 480 g/mol. The van der Waals surface area contributed by atoms with Gasteiger partial charge in [-0.05, 0) is 81.1 Å². The number of ether oxygens (including phenoxy) is 2. The van der Waals surface area contributed by atoms with Crippen molar-refractivity contribution >= 4 is 48.1 Å². The molecule has 6 nitrogen and oxygen atoms in total. The molecule has 0 atom stereocenters. The predicted molar refractivity (Wildman–Crippen MR) is 145 cm³/mol. The third-order valence-electron chi connectivity index (χ3n) is 3.18. The van der Waals surface area contributed by atoms with E-state index in [9.17, 15) is 0 Å². The van der Waals surface area contributed by atoms with Gasteiger partial charge < -0.3 is 26.0 Å². The highest BCUT2D eigenvalue weighted by atomic mass is 35.5. The van der Waals surface area contributed by atoms with Crippen LogP contribution in [0.5, 0.6) is 11.5 Å². The van der Waals surface area contributed by atoms with Crippen LogP contribution in [0.2, 0.25) is 5.02 Å². The number of amidine groups is 1. The molecule has 0 aliphatic heterocycles. The summed E-state index contributed by atoms with van der Waals surface area (Å²) in [7, 11) is 3.25. The highest BCUT2D eigenvalue weighted by molar-refractivity contribution is 7.79. The maximum atomic E-state index is 7.21. The lowest BCUT2D eigenvalue weighted by molar-refractivity contribution is 0.414. The molecular formula is C24H37ClN4O2S. The molecule has 0 saturated carbocycles. The number of nitrogens with one attached hydrogen (secondary N) is 3. The zero-order valence-electron chi connectivity index (χ0n) is 20.0. The van der Waals surface area contributed by atoms with E-state index in [1.807, 2.05) is 56.3 Å². The first-order valence-corrected chi connectivity index (χ1v) is 10.8. The van der Waals surface area contributed by atoms with Crippen LogP contribution in [-0.2, 0) is 0 Å². The van der Waals surface area contributed by atoms with Crippen LogP contribution >= 0.6 is 24.2 Å². The van der Waals surface area contributed by atoms with Gasteiger partial charge in [-0.1, -0.05) is 35.9 Å². The van der Waals surface area contributed by atoms with E-state index >= 15 is 0 Å². The Morgan fingerprint density at radius 2 is 1.56 bits per heavy atom. The van der Waals surface area contributed by atoms with Crippen LogP contribution in [0.4, 0.5) is 0 Å². The third-order valence-corrected chi connectivity index (χ3v) is 3.49. The fraction of sp³-hybridized carbons (Fsp3) is 0.292. The minimum atomic E-state index is 0.167. The summed E-state index contributed by atoms with van der Waals surface area (Å²) in [4.78, 5) is 0. The average Bonchev–Trinajstić information content (AvgIpc) is 2.77. The summed E-state index contributed by atoms with van der Waals surface area (Å²) >= 11 is 9.41. The van der Waals surface area contributed by atoms with E-state index < -0.39 is 0 Å². The number of benzene rings is 2. The largest absolute Gasteiger partial charge is 0.497 e. The van der Waals surface area contributed by atoms with Crippen molar-refractivity contribution in [3.63, 3.8) is 0 Å². The number of nitrogens with two attached hydrogens (primary N) is 1. The lowest BCUT2D eigenvalue weighted by atomic mass is 10.1. The van der Waals surface area contributed by atoms with Crippen LogP contribution < -0.4 is 15.2 Å². The Bertz CT molecular complexity index is 823. The molecule has 8 heteroatoms. The van der Waals surface area contributed by atoms with Gasteiger partial charge in [0.15, 0.2) is 0 Å². The summed E-state index contributed by atoms with van der Waals surface area (Å²) in [6.45, 7) is 7.13. The standard InChI is InChI=1S/C11H12ClNO.C8H10O.C2H6N2.C2H5N.CH4S/c1-3-8(7-13)9-4-5-10(12)11(6-9)14-2;1-7-4-3-5-8(6-7)9-2;1-2(3)4;1-2-3;1-2/h3-7,13H,1-2H3;3-6H,1-2H3;1H3,(H3,3,4);2-3H,1H3;2H,1H3/b8-3+,13-7?;;;;. The Hall–Kier alpha value is -2.77. The topological polar surface area (TPSA) is 116 Å². The lowest BCUT2D eigenvalue weighted by Crippen LogP contribution is -2.00. The van der Waals surface area contributed by atoms with E-state index in [1.165, 1.54) is 24.9 Å². The number of hydrogen-bond acceptors (Lipinski definition) is 6. The zero-order valence-corrected chi connectivity index (χ0v) is 21.6. The third kappa shape index (κ3) is 18.0. The Morgan fingerprint density at radius 3 is 1.91 bits per heavy atom. The van der Waals surface area contributed by atoms with Crippen molar-refractivity contribution in [1.82, 2.24) is 0 Å². The molecule has 0 spiro atoms. The first kappa shape index (κ1) is 33.9. The van der Waals surface area contributed by atoms with Crippen molar-refractivity contribution in [2.75, 3.05) is 20.5 Å². The summed E-state index contributed by atoms with van der Waals surface area (Å²) < 4.78 is 10.1. The maximum absolute atomic E-state index is 7.21. The molecule has 2 aromatic carbocycles. The normalized spacial score (nSPS) is 8.84. The molecule has 0 aliphatic rings. The van der Waals surface area contributed by atoms with Gasteiger partial charge in [-0.3, -0.25) is 5.41 Å². The van der Waals surface area contributed by atoms with Gasteiger partial charge >= 0.3 is 0 Å². The van der Waals surface area contributed by atoms with E-state index in [1.54, 1.807) is 33.5 Å². The van der Waals surface area contributed by atoms with Gasteiger partial charge in [-0.25, -0.2) is 0 Å². The first-order chi connectivity index (χ1) is 15.2. The van der Waals surface area contributed by atoms with E-state index in [4.69, 9.17) is 43.0 Å². The number of halogens is 1. The molecule has 178 valence electrons. The molecule has 0 radical (unpaired) electrons. The Kier molecular flexibility index (Phi) is 24.2. The van der Waals surface area contributed by atoms with Crippen molar-refractivity contribution in [2.24, 2.45) is 5.73 Å². The highest BCUT2D eigenvalue weighted by Gasteiger charge is 2.03. The molecule has 32 heavy (non-hydrogen) atoms. The van der Waals surface area contributed by atoms with Gasteiger partial charge in [0, 0.05) is 6.21 Å². The van der Waals surface area contributed by atoms with E-state index in [-0.39, 0.29) is 5.84 Å². The molecular weight excluding hydrogens is 444 g/mol. The van der Waals surface area contributed by atoms with Crippen LogP contribution in [0.1, 0.15) is 31.9 Å². The molecule has 0 amide bonds. The first-order valence-electron chi connectivity index (χ1n) is 9.52. The van der Waals surface area contributed by atoms with Crippen LogP contribution in [0.3, 0.4) is 0 Å². The van der Waals surface area contributed by atoms with Gasteiger partial charge in [-0.15, -0.1) is 0 Å². The number of aryl methyl sites for hydroxylation is 1. The Labute approximate surface area is 203 Å². The summed E-state index contributed by atoms with van der Waals surface area (Å²) in [6, 6.07) is 13.4. The van der Waals surface area contributed by atoms with Gasteiger partial charge in [0.25, 0.3) is 0 Å². The van der Waals surface area contributed by atoms with Crippen molar-refractivity contribution in [3.05, 3.63) is 64.7 Å². The molecule has 0 heterocycles. The fourth-order valence-corrected chi connectivity index (χ4v) is 2.11. The van der Waals surface area contributed by atoms with Crippen LogP contribution in [-0.4, -0.2) is 38.7 Å². The van der Waals surface area contributed by atoms with Gasteiger partial charge in [-0.2, -0.15) is 12.6 Å². The van der Waals surface area contributed by atoms with Crippen LogP contribution in [0.15, 0.2) is 48.5 Å². The van der Waals surface area contributed by atoms with Crippen molar-refractivity contribution in [2.45, 2.75) is 27.7 Å². The average molecular weight is 481 g/mol. The summed E-state index contributed by atoms with van der Waals surface area (Å²) in [5.41, 5.74) is 7.71. The molecule has 0 aromatic heterocycles. The van der Waals surface area contributed by atoms with E-state index in [2.05, 4.69) is 12.6 Å². The van der Waals surface area contributed by atoms with Crippen molar-refractivity contribution < 1.29 is 9.47 Å². The number of allylic oxidation sites excluding steroid dienone is 2. The van der Waals surface area contributed by atoms with E-state index in [0.717, 1.165) is 16.9 Å². The van der Waals surface area contributed by atoms with Crippen LogP contribution in [0.25, 0.3) is 5.57 Å². The molecule has 5 N–H and O–H groups in total. The molecule has 0 fully saturated rings. The minimum absolute atomic E-state index is 0.167. The van der Waals surface area contributed by atoms with Crippen LogP contribution in [0, 0.1) is 23.2 Å². The fourth-order valence-electron chi connectivity index (χ4n) is 1.92. The summed E-state index contributed by atoms with van der Waals surface area (Å²) in [5, 5.41) is 20.2. The Balaban J connectivity index is -0.000000400. The number of methoxy groups -OCH3 is 2. The predicted octanol–water partition coefficient (Wildman–Crippen LogP) is 6.55.